The predicted octanol–water partition coefficient (Wildman–Crippen LogP) is 3.74. The van der Waals surface area contributed by atoms with Crippen LogP contribution >= 0.6 is 11.6 Å². The molecule has 0 radical (unpaired) electrons. The topological polar surface area (TPSA) is 128 Å². The van der Waals surface area contributed by atoms with E-state index in [9.17, 15) is 8.42 Å². The summed E-state index contributed by atoms with van der Waals surface area (Å²) in [5, 5.41) is 3.43. The summed E-state index contributed by atoms with van der Waals surface area (Å²) in [5.74, 6) is -0.557. The fraction of sp³-hybridized carbons (Fsp3) is 0.143. The van der Waals surface area contributed by atoms with Gasteiger partial charge in [0.15, 0.2) is 16.4 Å². The van der Waals surface area contributed by atoms with E-state index in [2.05, 4.69) is 30.0 Å². The second kappa shape index (κ2) is 9.23. The van der Waals surface area contributed by atoms with Gasteiger partial charge in [0.1, 0.15) is 0 Å². The van der Waals surface area contributed by atoms with Crippen molar-refractivity contribution < 1.29 is 22.3 Å². The summed E-state index contributed by atoms with van der Waals surface area (Å²) in [6.45, 7) is 0. The van der Waals surface area contributed by atoms with Crippen molar-refractivity contribution in [2.24, 2.45) is 0 Å². The van der Waals surface area contributed by atoms with Gasteiger partial charge in [0.2, 0.25) is 17.7 Å². The van der Waals surface area contributed by atoms with Gasteiger partial charge >= 0.3 is 0 Å². The van der Waals surface area contributed by atoms with Gasteiger partial charge in [-0.05, 0) is 18.2 Å². The second-order valence-electron chi connectivity index (χ2n) is 6.84. The van der Waals surface area contributed by atoms with Crippen molar-refractivity contribution in [2.45, 2.75) is 4.90 Å². The minimum atomic E-state index is -4.29. The van der Waals surface area contributed by atoms with Crippen LogP contribution in [0, 0.1) is 5.82 Å². The Hall–Kier alpha value is -3.77. The molecule has 4 rings (SSSR count). The van der Waals surface area contributed by atoms with Crippen molar-refractivity contribution in [1.82, 2.24) is 19.9 Å². The zero-order valence-corrected chi connectivity index (χ0v) is 19.7. The van der Waals surface area contributed by atoms with Gasteiger partial charge in [0.25, 0.3) is 10.0 Å². The van der Waals surface area contributed by atoms with Crippen LogP contribution in [0.4, 0.5) is 16.0 Å². The Labute approximate surface area is 199 Å². The maximum absolute atomic E-state index is 15.6. The van der Waals surface area contributed by atoms with Crippen molar-refractivity contribution in [3.8, 4) is 22.9 Å². The van der Waals surface area contributed by atoms with Crippen LogP contribution in [0.25, 0.3) is 22.2 Å². The van der Waals surface area contributed by atoms with E-state index >= 15 is 4.39 Å². The number of nitrogens with one attached hydrogen (secondary N) is 2. The lowest BCUT2D eigenvalue weighted by Gasteiger charge is -2.14. The van der Waals surface area contributed by atoms with E-state index < -0.39 is 15.8 Å². The number of halogens is 2. The molecule has 0 atom stereocenters. The number of benzene rings is 1. The minimum Gasteiger partial charge on any atom is -0.480 e. The summed E-state index contributed by atoms with van der Waals surface area (Å²) < 4.78 is 54.1. The molecule has 176 valence electrons. The van der Waals surface area contributed by atoms with Crippen LogP contribution in [0.2, 0.25) is 5.02 Å². The van der Waals surface area contributed by atoms with Crippen LogP contribution in [-0.4, -0.2) is 49.6 Å². The van der Waals surface area contributed by atoms with Gasteiger partial charge in [-0.1, -0.05) is 23.7 Å². The number of methoxy groups -OCH3 is 2. The number of ether oxygens (including phenoxy) is 2. The van der Waals surface area contributed by atoms with E-state index in [1.807, 2.05) is 0 Å². The summed E-state index contributed by atoms with van der Waals surface area (Å²) in [5.41, 5.74) is 0.387. The first kappa shape index (κ1) is 23.4. The summed E-state index contributed by atoms with van der Waals surface area (Å²) in [7, 11) is 0.0287. The van der Waals surface area contributed by atoms with E-state index in [0.29, 0.717) is 17.0 Å². The Morgan fingerprint density at radius 3 is 2.47 bits per heavy atom. The summed E-state index contributed by atoms with van der Waals surface area (Å²) >= 11 is 5.90. The first-order valence-electron chi connectivity index (χ1n) is 9.68. The number of hydrogen-bond donors (Lipinski definition) is 2. The summed E-state index contributed by atoms with van der Waals surface area (Å²) in [4.78, 5) is 16.3. The number of fused-ring (bicyclic) bond motifs is 1. The van der Waals surface area contributed by atoms with Gasteiger partial charge in [0, 0.05) is 36.0 Å². The normalized spacial score (nSPS) is 11.3. The average molecular weight is 505 g/mol. The third-order valence-corrected chi connectivity index (χ3v) is 6.32. The number of sulfonamides is 1. The number of hydrogen-bond acceptors (Lipinski definition) is 9. The van der Waals surface area contributed by atoms with Crippen LogP contribution in [0.1, 0.15) is 0 Å². The van der Waals surface area contributed by atoms with Crippen LogP contribution in [0.3, 0.4) is 0 Å². The van der Waals surface area contributed by atoms with Crippen molar-refractivity contribution in [1.29, 1.82) is 0 Å². The van der Waals surface area contributed by atoms with Crippen LogP contribution < -0.4 is 19.5 Å². The highest BCUT2D eigenvalue weighted by molar-refractivity contribution is 7.92. The molecule has 0 unspecified atom stereocenters. The number of rotatable bonds is 7. The molecule has 3 heterocycles. The molecule has 34 heavy (non-hydrogen) atoms. The van der Waals surface area contributed by atoms with E-state index in [0.717, 1.165) is 6.07 Å². The van der Waals surface area contributed by atoms with Crippen molar-refractivity contribution in [3.63, 3.8) is 0 Å². The van der Waals surface area contributed by atoms with Gasteiger partial charge in [0.05, 0.1) is 24.9 Å². The Morgan fingerprint density at radius 2 is 1.76 bits per heavy atom. The molecule has 0 saturated carbocycles. The smallest absolute Gasteiger partial charge is 0.267 e. The van der Waals surface area contributed by atoms with E-state index in [-0.39, 0.29) is 38.5 Å². The highest BCUT2D eigenvalue weighted by Gasteiger charge is 2.24. The Balaban J connectivity index is 1.80. The maximum atomic E-state index is 15.6. The molecule has 0 amide bonds. The largest absolute Gasteiger partial charge is 0.480 e. The highest BCUT2D eigenvalue weighted by Crippen LogP contribution is 2.36. The first-order chi connectivity index (χ1) is 16.3. The zero-order chi connectivity index (χ0) is 24.5. The molecule has 0 aliphatic carbocycles. The lowest BCUT2D eigenvalue weighted by Crippen LogP contribution is -2.16. The standard InChI is InChI=1S/C21H18ClFN6O4S/c1-24-21-26-9-11-7-14(19(32-2)27-18(11)28-21)13-5-4-6-15(17(13)23)29-34(30,31)16-8-12(22)10-25-20(16)33-3/h4-10,29H,1-3H3,(H,24,26,27,28). The molecule has 3 aromatic heterocycles. The SMILES string of the molecule is CNc1ncc2cc(-c3cccc(NS(=O)(=O)c4cc(Cl)cnc4OC)c3F)c(OC)nc2n1. The molecular formula is C21H18ClFN6O4S. The second-order valence-corrected chi connectivity index (χ2v) is 8.92. The maximum Gasteiger partial charge on any atom is 0.267 e. The van der Waals surface area contributed by atoms with Gasteiger partial charge < -0.3 is 14.8 Å². The van der Waals surface area contributed by atoms with Crippen molar-refractivity contribution in [2.75, 3.05) is 31.3 Å². The molecule has 0 spiro atoms. The Morgan fingerprint density at radius 1 is 1.00 bits per heavy atom. The van der Waals surface area contributed by atoms with Gasteiger partial charge in [-0.25, -0.2) is 22.8 Å². The molecule has 4 aromatic rings. The van der Waals surface area contributed by atoms with Gasteiger partial charge in [-0.15, -0.1) is 0 Å². The third kappa shape index (κ3) is 4.37. The number of pyridine rings is 2. The van der Waals surface area contributed by atoms with E-state index in [4.69, 9.17) is 21.1 Å². The number of nitrogens with zero attached hydrogens (tertiary/aromatic N) is 4. The number of anilines is 2. The fourth-order valence-corrected chi connectivity index (χ4v) is 4.62. The van der Waals surface area contributed by atoms with Crippen LogP contribution in [-0.2, 0) is 10.0 Å². The summed E-state index contributed by atoms with van der Waals surface area (Å²) in [6, 6.07) is 7.02. The Bertz CT molecular complexity index is 1500. The third-order valence-electron chi connectivity index (χ3n) is 4.75. The predicted molar refractivity (Wildman–Crippen MR) is 125 cm³/mol. The summed E-state index contributed by atoms with van der Waals surface area (Å²) in [6.07, 6.45) is 2.77. The molecule has 0 bridgehead atoms. The van der Waals surface area contributed by atoms with Crippen LogP contribution in [0.15, 0.2) is 47.6 Å². The molecular weight excluding hydrogens is 487 g/mol. The molecule has 0 fully saturated rings. The lowest BCUT2D eigenvalue weighted by molar-refractivity contribution is 0.385. The van der Waals surface area contributed by atoms with Crippen LogP contribution in [0.5, 0.6) is 11.8 Å². The van der Waals surface area contributed by atoms with E-state index in [1.54, 1.807) is 13.1 Å². The first-order valence-corrected chi connectivity index (χ1v) is 11.5. The molecule has 0 aliphatic rings. The number of aromatic nitrogens is 4. The minimum absolute atomic E-state index is 0.0559. The van der Waals surface area contributed by atoms with Gasteiger partial charge in [-0.3, -0.25) is 4.72 Å². The molecule has 2 N–H and O–H groups in total. The zero-order valence-electron chi connectivity index (χ0n) is 18.1. The Kier molecular flexibility index (Phi) is 6.35. The monoisotopic (exact) mass is 504 g/mol. The fourth-order valence-electron chi connectivity index (χ4n) is 3.19. The van der Waals surface area contributed by atoms with Crippen molar-refractivity contribution >= 4 is 44.3 Å². The molecule has 1 aromatic carbocycles. The highest BCUT2D eigenvalue weighted by atomic mass is 35.5. The molecule has 0 aliphatic heterocycles. The molecule has 0 saturated heterocycles. The lowest BCUT2D eigenvalue weighted by atomic mass is 10.0. The van der Waals surface area contributed by atoms with E-state index in [1.165, 1.54) is 44.8 Å². The quantitative estimate of drug-likeness (QED) is 0.386. The van der Waals surface area contributed by atoms with Gasteiger partial charge in [-0.2, -0.15) is 9.97 Å². The van der Waals surface area contributed by atoms with Crippen molar-refractivity contribution in [3.05, 3.63) is 53.6 Å². The average Bonchev–Trinajstić information content (AvgIpc) is 2.84. The molecule has 10 nitrogen and oxygen atoms in total. The molecule has 13 heteroatoms.